The van der Waals surface area contributed by atoms with Gasteiger partial charge in [0.05, 0.1) is 0 Å². The summed E-state index contributed by atoms with van der Waals surface area (Å²) in [6.45, 7) is 6.44. The molecule has 2 amide bonds. The molecule has 2 rings (SSSR count). The predicted molar refractivity (Wildman–Crippen MR) is 84.5 cm³/mol. The Balaban J connectivity index is 0.00000220. The highest BCUT2D eigenvalue weighted by molar-refractivity contribution is 5.85. The van der Waals surface area contributed by atoms with Gasteiger partial charge in [-0.15, -0.1) is 12.4 Å². The number of rotatable bonds is 8. The van der Waals surface area contributed by atoms with Gasteiger partial charge in [0.2, 0.25) is 11.8 Å². The third kappa shape index (κ3) is 7.64. The maximum Gasteiger partial charge on any atom is 0.223 e. The summed E-state index contributed by atoms with van der Waals surface area (Å²) >= 11 is 0. The molecule has 6 nitrogen and oxygen atoms in total. The molecule has 1 aliphatic carbocycles. The van der Waals surface area contributed by atoms with Gasteiger partial charge in [-0.1, -0.05) is 0 Å². The number of piperazine rings is 1. The summed E-state index contributed by atoms with van der Waals surface area (Å²) in [5.74, 6) is 0.493. The van der Waals surface area contributed by atoms with Crippen LogP contribution in [0.3, 0.4) is 0 Å². The first-order valence-corrected chi connectivity index (χ1v) is 7.73. The monoisotopic (exact) mass is 318 g/mol. The fourth-order valence-corrected chi connectivity index (χ4v) is 2.33. The Hall–Kier alpha value is -0.850. The van der Waals surface area contributed by atoms with Gasteiger partial charge in [-0.3, -0.25) is 14.5 Å². The number of carbonyl (C=O) groups is 2. The molecule has 0 radical (unpaired) electrons. The topological polar surface area (TPSA) is 73.5 Å². The van der Waals surface area contributed by atoms with E-state index in [9.17, 15) is 9.59 Å². The molecule has 0 aromatic heterocycles. The van der Waals surface area contributed by atoms with Crippen molar-refractivity contribution in [2.24, 2.45) is 5.92 Å². The molecule has 1 saturated carbocycles. The van der Waals surface area contributed by atoms with E-state index in [1.54, 1.807) is 0 Å². The highest BCUT2D eigenvalue weighted by Gasteiger charge is 2.28. The summed E-state index contributed by atoms with van der Waals surface area (Å²) < 4.78 is 0. The Morgan fingerprint density at radius 2 is 1.81 bits per heavy atom. The highest BCUT2D eigenvalue weighted by Crippen LogP contribution is 2.28. The molecule has 122 valence electrons. The SMILES string of the molecule is Cl.O=C(CCCNC(=O)C1CC1)NCCN1CCNCC1. The minimum atomic E-state index is 0. The second kappa shape index (κ2) is 9.97. The molecule has 0 bridgehead atoms. The summed E-state index contributed by atoms with van der Waals surface area (Å²) in [5.41, 5.74) is 0. The molecule has 1 saturated heterocycles. The second-order valence-electron chi connectivity index (χ2n) is 5.61. The van der Waals surface area contributed by atoms with E-state index in [1.807, 2.05) is 0 Å². The first kappa shape index (κ1) is 18.2. The molecule has 0 spiro atoms. The van der Waals surface area contributed by atoms with Crippen molar-refractivity contribution in [3.05, 3.63) is 0 Å². The molecule has 21 heavy (non-hydrogen) atoms. The minimum Gasteiger partial charge on any atom is -0.356 e. The smallest absolute Gasteiger partial charge is 0.223 e. The van der Waals surface area contributed by atoms with Gasteiger partial charge < -0.3 is 16.0 Å². The van der Waals surface area contributed by atoms with Gasteiger partial charge in [-0.25, -0.2) is 0 Å². The number of halogens is 1. The zero-order valence-corrected chi connectivity index (χ0v) is 13.3. The molecule has 0 unspecified atom stereocenters. The summed E-state index contributed by atoms with van der Waals surface area (Å²) in [7, 11) is 0. The van der Waals surface area contributed by atoms with Crippen LogP contribution < -0.4 is 16.0 Å². The maximum absolute atomic E-state index is 11.6. The Labute approximate surface area is 132 Å². The van der Waals surface area contributed by atoms with Gasteiger partial charge in [0.15, 0.2) is 0 Å². The Morgan fingerprint density at radius 1 is 1.10 bits per heavy atom. The van der Waals surface area contributed by atoms with Gasteiger partial charge in [0.25, 0.3) is 0 Å². The average Bonchev–Trinajstić information content (AvgIpc) is 3.29. The van der Waals surface area contributed by atoms with Crippen LogP contribution in [0.5, 0.6) is 0 Å². The van der Waals surface area contributed by atoms with E-state index in [2.05, 4.69) is 20.9 Å². The van der Waals surface area contributed by atoms with E-state index in [0.717, 1.165) is 52.0 Å². The molecule has 3 N–H and O–H groups in total. The van der Waals surface area contributed by atoms with Crippen LogP contribution in [0.4, 0.5) is 0 Å². The maximum atomic E-state index is 11.6. The van der Waals surface area contributed by atoms with Crippen molar-refractivity contribution in [3.63, 3.8) is 0 Å². The number of amides is 2. The van der Waals surface area contributed by atoms with E-state index in [-0.39, 0.29) is 30.1 Å². The lowest BCUT2D eigenvalue weighted by Crippen LogP contribution is -2.46. The molecule has 0 atom stereocenters. The molecule has 1 aliphatic heterocycles. The summed E-state index contributed by atoms with van der Waals surface area (Å²) in [6, 6.07) is 0. The van der Waals surface area contributed by atoms with Crippen molar-refractivity contribution in [1.82, 2.24) is 20.9 Å². The lowest BCUT2D eigenvalue weighted by Gasteiger charge is -2.27. The fraction of sp³-hybridized carbons (Fsp3) is 0.857. The Bertz CT molecular complexity index is 331. The number of nitrogens with one attached hydrogen (secondary N) is 3. The van der Waals surface area contributed by atoms with Crippen LogP contribution in [-0.4, -0.2) is 62.5 Å². The van der Waals surface area contributed by atoms with Gasteiger partial charge in [-0.05, 0) is 19.3 Å². The fourth-order valence-electron chi connectivity index (χ4n) is 2.33. The number of carbonyl (C=O) groups excluding carboxylic acids is 2. The van der Waals surface area contributed by atoms with Crippen molar-refractivity contribution in [2.45, 2.75) is 25.7 Å². The molecule has 1 heterocycles. The molecular formula is C14H27ClN4O2. The van der Waals surface area contributed by atoms with Crippen LogP contribution in [0.1, 0.15) is 25.7 Å². The summed E-state index contributed by atoms with van der Waals surface area (Å²) in [4.78, 5) is 25.3. The Morgan fingerprint density at radius 3 is 2.48 bits per heavy atom. The number of hydrogen-bond acceptors (Lipinski definition) is 4. The van der Waals surface area contributed by atoms with Crippen LogP contribution in [-0.2, 0) is 9.59 Å². The second-order valence-corrected chi connectivity index (χ2v) is 5.61. The third-order valence-electron chi connectivity index (χ3n) is 3.79. The van der Waals surface area contributed by atoms with Gasteiger partial charge >= 0.3 is 0 Å². The predicted octanol–water partition coefficient (Wildman–Crippen LogP) is -0.264. The van der Waals surface area contributed by atoms with Crippen molar-refractivity contribution in [2.75, 3.05) is 45.8 Å². The van der Waals surface area contributed by atoms with Gasteiger partial charge in [-0.2, -0.15) is 0 Å². The van der Waals surface area contributed by atoms with Crippen molar-refractivity contribution in [3.8, 4) is 0 Å². The Kier molecular flexibility index (Phi) is 8.64. The van der Waals surface area contributed by atoms with Crippen molar-refractivity contribution >= 4 is 24.2 Å². The van der Waals surface area contributed by atoms with E-state index in [0.29, 0.717) is 19.5 Å². The van der Waals surface area contributed by atoms with E-state index < -0.39 is 0 Å². The van der Waals surface area contributed by atoms with Gasteiger partial charge in [0.1, 0.15) is 0 Å². The molecule has 7 heteroatoms. The van der Waals surface area contributed by atoms with Crippen LogP contribution in [0.2, 0.25) is 0 Å². The zero-order valence-electron chi connectivity index (χ0n) is 12.5. The van der Waals surface area contributed by atoms with Crippen molar-refractivity contribution in [1.29, 1.82) is 0 Å². The van der Waals surface area contributed by atoms with Gasteiger partial charge in [0, 0.05) is 58.2 Å². The quantitative estimate of drug-likeness (QED) is 0.539. The van der Waals surface area contributed by atoms with E-state index in [1.165, 1.54) is 0 Å². The largest absolute Gasteiger partial charge is 0.356 e. The normalized spacial score (nSPS) is 18.7. The number of hydrogen-bond donors (Lipinski definition) is 3. The minimum absolute atomic E-state index is 0. The number of nitrogens with zero attached hydrogens (tertiary/aromatic N) is 1. The van der Waals surface area contributed by atoms with E-state index in [4.69, 9.17) is 0 Å². The van der Waals surface area contributed by atoms with Crippen molar-refractivity contribution < 1.29 is 9.59 Å². The van der Waals surface area contributed by atoms with Crippen LogP contribution >= 0.6 is 12.4 Å². The molecule has 0 aromatic carbocycles. The first-order chi connectivity index (χ1) is 9.75. The van der Waals surface area contributed by atoms with Crippen LogP contribution in [0.15, 0.2) is 0 Å². The molecule has 0 aromatic rings. The lowest BCUT2D eigenvalue weighted by molar-refractivity contribution is -0.123. The zero-order chi connectivity index (χ0) is 14.2. The van der Waals surface area contributed by atoms with Crippen LogP contribution in [0.25, 0.3) is 0 Å². The van der Waals surface area contributed by atoms with E-state index >= 15 is 0 Å². The molecular weight excluding hydrogens is 292 g/mol. The standard InChI is InChI=1S/C14H26N4O2.ClH/c19-13(2-1-5-17-14(20)12-3-4-12)16-8-11-18-9-6-15-7-10-18;/h12,15H,1-11H2,(H,16,19)(H,17,20);1H. The van der Waals surface area contributed by atoms with Crippen LogP contribution in [0, 0.1) is 5.92 Å². The third-order valence-corrected chi connectivity index (χ3v) is 3.79. The summed E-state index contributed by atoms with van der Waals surface area (Å²) in [5, 5.41) is 9.12. The average molecular weight is 319 g/mol. The first-order valence-electron chi connectivity index (χ1n) is 7.73. The molecule has 2 aliphatic rings. The molecule has 2 fully saturated rings. The summed E-state index contributed by atoms with van der Waals surface area (Å²) in [6.07, 6.45) is 3.26. The lowest BCUT2D eigenvalue weighted by atomic mass is 10.3. The highest BCUT2D eigenvalue weighted by atomic mass is 35.5.